The van der Waals surface area contributed by atoms with E-state index in [-0.39, 0.29) is 9.93 Å². The second-order valence-electron chi connectivity index (χ2n) is 5.35. The molecule has 0 amide bonds. The van der Waals surface area contributed by atoms with Gasteiger partial charge in [0.1, 0.15) is 17.0 Å². The topological polar surface area (TPSA) is 129 Å². The fourth-order valence-electron chi connectivity index (χ4n) is 2.00. The number of rotatable bonds is 5. The summed E-state index contributed by atoms with van der Waals surface area (Å²) in [5.41, 5.74) is 0.862. The van der Waals surface area contributed by atoms with E-state index < -0.39 is 24.6 Å². The second-order valence-corrected chi connectivity index (χ2v) is 9.20. The molecule has 2 rings (SSSR count). The number of sulfone groups is 2. The van der Waals surface area contributed by atoms with Crippen LogP contribution in [-0.4, -0.2) is 28.1 Å². The van der Waals surface area contributed by atoms with E-state index in [0.29, 0.717) is 11.1 Å². The van der Waals surface area contributed by atoms with E-state index in [2.05, 4.69) is 4.98 Å². The standard InChI is InChI=1S/C18H13N3O4S2/c1-26(22,23)16(12-19)10-14-5-7-15(8-6-14)11-17(13-20)27(24,25)18-4-2-3-9-21-18/h2-11H,1H3. The molecule has 7 nitrogen and oxygen atoms in total. The molecular formula is C18H13N3O4S2. The Bertz CT molecular complexity index is 1200. The first-order valence-corrected chi connectivity index (χ1v) is 10.8. The fourth-order valence-corrected chi connectivity index (χ4v) is 3.61. The van der Waals surface area contributed by atoms with Gasteiger partial charge in [0.25, 0.3) is 0 Å². The Hall–Kier alpha value is -3.27. The van der Waals surface area contributed by atoms with Crippen LogP contribution in [0.2, 0.25) is 0 Å². The second kappa shape index (κ2) is 7.96. The number of hydrogen-bond acceptors (Lipinski definition) is 7. The van der Waals surface area contributed by atoms with Gasteiger partial charge in [0.05, 0.1) is 0 Å². The highest BCUT2D eigenvalue weighted by Crippen LogP contribution is 2.20. The van der Waals surface area contributed by atoms with Crippen molar-refractivity contribution in [3.63, 3.8) is 0 Å². The maximum absolute atomic E-state index is 12.5. The van der Waals surface area contributed by atoms with Crippen LogP contribution in [0, 0.1) is 22.7 Å². The minimum absolute atomic E-state index is 0.232. The van der Waals surface area contributed by atoms with Crippen LogP contribution >= 0.6 is 0 Å². The Morgan fingerprint density at radius 3 is 1.81 bits per heavy atom. The highest BCUT2D eigenvalue weighted by atomic mass is 32.2. The van der Waals surface area contributed by atoms with Gasteiger partial charge in [-0.05, 0) is 35.4 Å². The van der Waals surface area contributed by atoms with Gasteiger partial charge < -0.3 is 0 Å². The van der Waals surface area contributed by atoms with Crippen molar-refractivity contribution in [1.82, 2.24) is 4.98 Å². The van der Waals surface area contributed by atoms with Crippen LogP contribution in [0.3, 0.4) is 0 Å². The van der Waals surface area contributed by atoms with Gasteiger partial charge in [-0.25, -0.2) is 21.8 Å². The lowest BCUT2D eigenvalue weighted by molar-refractivity contribution is 0.599. The van der Waals surface area contributed by atoms with Gasteiger partial charge >= 0.3 is 0 Å². The maximum atomic E-state index is 12.5. The lowest BCUT2D eigenvalue weighted by Gasteiger charge is -2.02. The van der Waals surface area contributed by atoms with Crippen molar-refractivity contribution in [2.75, 3.05) is 6.26 Å². The van der Waals surface area contributed by atoms with E-state index in [9.17, 15) is 22.1 Å². The SMILES string of the molecule is CS(=O)(=O)C(C#N)=Cc1ccc(C=C(C#N)S(=O)(=O)c2ccccn2)cc1. The van der Waals surface area contributed by atoms with Gasteiger partial charge in [-0.1, -0.05) is 30.3 Å². The normalized spacial score (nSPS) is 12.9. The van der Waals surface area contributed by atoms with Gasteiger partial charge in [-0.3, -0.25) is 0 Å². The van der Waals surface area contributed by atoms with E-state index >= 15 is 0 Å². The van der Waals surface area contributed by atoms with Gasteiger partial charge in [0.15, 0.2) is 19.8 Å². The Morgan fingerprint density at radius 1 is 0.889 bits per heavy atom. The highest BCUT2D eigenvalue weighted by molar-refractivity contribution is 7.95. The van der Waals surface area contributed by atoms with Crippen LogP contribution in [0.1, 0.15) is 11.1 Å². The third-order valence-electron chi connectivity index (χ3n) is 3.35. The molecule has 0 radical (unpaired) electrons. The molecule has 1 aromatic carbocycles. The molecule has 1 heterocycles. The van der Waals surface area contributed by atoms with Gasteiger partial charge in [0, 0.05) is 12.5 Å². The minimum Gasteiger partial charge on any atom is -0.244 e. The van der Waals surface area contributed by atoms with Crippen molar-refractivity contribution in [3.05, 3.63) is 69.6 Å². The number of allylic oxidation sites excluding steroid dienone is 2. The number of aromatic nitrogens is 1. The summed E-state index contributed by atoms with van der Waals surface area (Å²) < 4.78 is 47.8. The van der Waals surface area contributed by atoms with Crippen LogP contribution in [0.5, 0.6) is 0 Å². The smallest absolute Gasteiger partial charge is 0.233 e. The molecular weight excluding hydrogens is 386 g/mol. The molecule has 9 heteroatoms. The van der Waals surface area contributed by atoms with E-state index in [4.69, 9.17) is 5.26 Å². The lowest BCUT2D eigenvalue weighted by atomic mass is 10.1. The molecule has 0 aliphatic carbocycles. The molecule has 0 aliphatic heterocycles. The van der Waals surface area contributed by atoms with E-state index in [0.717, 1.165) is 6.26 Å². The molecule has 0 aliphatic rings. The van der Waals surface area contributed by atoms with Crippen LogP contribution in [-0.2, 0) is 19.7 Å². The van der Waals surface area contributed by atoms with Crippen LogP contribution in [0.4, 0.5) is 0 Å². The summed E-state index contributed by atoms with van der Waals surface area (Å²) in [5.74, 6) is 0. The number of pyridine rings is 1. The summed E-state index contributed by atoms with van der Waals surface area (Å²) in [6.07, 6.45) is 4.65. The molecule has 0 fully saturated rings. The zero-order valence-corrected chi connectivity index (χ0v) is 15.7. The minimum atomic E-state index is -4.05. The predicted octanol–water partition coefficient (Wildman–Crippen LogP) is 2.33. The molecule has 1 aromatic heterocycles. The molecule has 0 bridgehead atoms. The lowest BCUT2D eigenvalue weighted by Crippen LogP contribution is -2.05. The quantitative estimate of drug-likeness (QED) is 0.706. The molecule has 2 aromatic rings. The molecule has 0 N–H and O–H groups in total. The first-order valence-electron chi connectivity index (χ1n) is 7.38. The Kier molecular flexibility index (Phi) is 5.91. The highest BCUT2D eigenvalue weighted by Gasteiger charge is 2.21. The average Bonchev–Trinajstić information content (AvgIpc) is 2.64. The van der Waals surface area contributed by atoms with Crippen LogP contribution in [0.25, 0.3) is 12.2 Å². The first kappa shape index (κ1) is 20.0. The zero-order valence-electron chi connectivity index (χ0n) is 14.1. The Labute approximate surface area is 157 Å². The van der Waals surface area contributed by atoms with E-state index in [1.54, 1.807) is 18.2 Å². The summed E-state index contributed by atoms with van der Waals surface area (Å²) in [4.78, 5) is 2.90. The summed E-state index contributed by atoms with van der Waals surface area (Å²) in [5, 5.41) is 17.9. The van der Waals surface area contributed by atoms with Crippen molar-refractivity contribution in [1.29, 1.82) is 10.5 Å². The summed E-state index contributed by atoms with van der Waals surface area (Å²) in [6.45, 7) is 0. The molecule has 0 saturated heterocycles. The van der Waals surface area contributed by atoms with E-state index in [1.165, 1.54) is 54.7 Å². The molecule has 27 heavy (non-hydrogen) atoms. The van der Waals surface area contributed by atoms with Crippen molar-refractivity contribution >= 4 is 31.8 Å². The first-order chi connectivity index (χ1) is 12.7. The predicted molar refractivity (Wildman–Crippen MR) is 99.9 cm³/mol. The van der Waals surface area contributed by atoms with Crippen LogP contribution < -0.4 is 0 Å². The third-order valence-corrected chi connectivity index (χ3v) is 5.94. The number of nitrogens with zero attached hydrogens (tertiary/aromatic N) is 3. The largest absolute Gasteiger partial charge is 0.244 e. The number of hydrogen-bond donors (Lipinski definition) is 0. The Morgan fingerprint density at radius 2 is 1.41 bits per heavy atom. The molecule has 0 saturated carbocycles. The Balaban J connectivity index is 2.41. The van der Waals surface area contributed by atoms with Crippen LogP contribution in [0.15, 0.2) is 63.5 Å². The summed E-state index contributed by atoms with van der Waals surface area (Å²) in [6, 6.07) is 13.7. The number of nitriles is 2. The van der Waals surface area contributed by atoms with Crippen molar-refractivity contribution in [3.8, 4) is 12.1 Å². The summed E-state index contributed by atoms with van der Waals surface area (Å²) in [7, 11) is -7.68. The van der Waals surface area contributed by atoms with Gasteiger partial charge in [-0.2, -0.15) is 10.5 Å². The number of benzene rings is 1. The molecule has 0 atom stereocenters. The fraction of sp³-hybridized carbons (Fsp3) is 0.0556. The van der Waals surface area contributed by atoms with Crippen molar-refractivity contribution in [2.45, 2.75) is 5.03 Å². The molecule has 136 valence electrons. The van der Waals surface area contributed by atoms with E-state index in [1.807, 2.05) is 0 Å². The molecule has 0 spiro atoms. The molecule has 0 unspecified atom stereocenters. The van der Waals surface area contributed by atoms with Crippen molar-refractivity contribution in [2.24, 2.45) is 0 Å². The maximum Gasteiger partial charge on any atom is 0.233 e. The van der Waals surface area contributed by atoms with Gasteiger partial charge in [0.2, 0.25) is 9.84 Å². The monoisotopic (exact) mass is 399 g/mol. The third kappa shape index (κ3) is 4.88. The van der Waals surface area contributed by atoms with Crippen molar-refractivity contribution < 1.29 is 16.8 Å². The summed E-state index contributed by atoms with van der Waals surface area (Å²) >= 11 is 0. The van der Waals surface area contributed by atoms with Gasteiger partial charge in [-0.15, -0.1) is 0 Å². The zero-order chi connectivity index (χ0) is 20.1. The average molecular weight is 399 g/mol.